The Morgan fingerprint density at radius 3 is 2.04 bits per heavy atom. The normalized spacial score (nSPS) is 12.2. The van der Waals surface area contributed by atoms with Gasteiger partial charge in [-0.25, -0.2) is 13.2 Å². The number of ether oxygens (including phenoxy) is 1. The molecule has 23 heavy (non-hydrogen) atoms. The minimum atomic E-state index is -6.09. The van der Waals surface area contributed by atoms with Gasteiger partial charge in [-0.15, -0.1) is 0 Å². The zero-order chi connectivity index (χ0) is 18.5. The molecule has 0 N–H and O–H groups in total. The standard InChI is InChI=1S/C11H15ClNO2.CHF3O3S/c1-13(2,3)10-7-5-4-6-9(10)11(14)15-8-12;2-1(3,4)8(5,6)7/h4-7H,8H2,1-3H3;(H,5,6,7)/q+1;/p-1. The van der Waals surface area contributed by atoms with Crippen LogP contribution in [0.1, 0.15) is 10.4 Å². The van der Waals surface area contributed by atoms with E-state index in [0.717, 1.165) is 5.69 Å². The fourth-order valence-electron chi connectivity index (χ4n) is 1.36. The summed E-state index contributed by atoms with van der Waals surface area (Å²) in [6.45, 7) is 0. The van der Waals surface area contributed by atoms with E-state index < -0.39 is 15.6 Å². The third-order valence-corrected chi connectivity index (χ3v) is 2.99. The molecule has 0 aliphatic carbocycles. The van der Waals surface area contributed by atoms with Gasteiger partial charge >= 0.3 is 11.5 Å². The predicted octanol–water partition coefficient (Wildman–Crippen LogP) is 2.29. The Morgan fingerprint density at radius 2 is 1.70 bits per heavy atom. The smallest absolute Gasteiger partial charge is 0.485 e. The van der Waals surface area contributed by atoms with Crippen molar-refractivity contribution in [3.8, 4) is 0 Å². The lowest BCUT2D eigenvalue weighted by molar-refractivity contribution is -0.0517. The predicted molar refractivity (Wildman–Crippen MR) is 77.9 cm³/mol. The largest absolute Gasteiger partial charge is 0.741 e. The average Bonchev–Trinajstić information content (AvgIpc) is 2.36. The SMILES string of the molecule is C[N+](C)(C)c1ccccc1C(=O)OCCl.O=S(=O)([O-])C(F)(F)F. The first-order valence-electron chi connectivity index (χ1n) is 5.88. The molecule has 0 radical (unpaired) electrons. The Morgan fingerprint density at radius 1 is 1.26 bits per heavy atom. The number of hydrogen-bond acceptors (Lipinski definition) is 5. The van der Waals surface area contributed by atoms with E-state index in [4.69, 9.17) is 29.3 Å². The Kier molecular flexibility index (Phi) is 7.48. The molecular formula is C12H15ClF3NO5S. The number of carbonyl (C=O) groups excluding carboxylic acids is 1. The first-order chi connectivity index (χ1) is 10.2. The van der Waals surface area contributed by atoms with Gasteiger partial charge < -0.3 is 9.29 Å². The molecule has 0 aliphatic rings. The molecule has 0 saturated heterocycles. The van der Waals surface area contributed by atoms with Gasteiger partial charge in [0.25, 0.3) is 0 Å². The highest BCUT2D eigenvalue weighted by atomic mass is 35.5. The van der Waals surface area contributed by atoms with Gasteiger partial charge in [0.2, 0.25) is 0 Å². The average molecular weight is 378 g/mol. The van der Waals surface area contributed by atoms with Gasteiger partial charge in [-0.3, -0.25) is 4.48 Å². The maximum absolute atomic E-state index is 11.6. The van der Waals surface area contributed by atoms with Crippen LogP contribution >= 0.6 is 11.6 Å². The molecule has 0 atom stereocenters. The molecule has 1 aromatic carbocycles. The molecule has 6 nitrogen and oxygen atoms in total. The highest BCUT2D eigenvalue weighted by Gasteiger charge is 2.36. The highest BCUT2D eigenvalue weighted by molar-refractivity contribution is 7.86. The lowest BCUT2D eigenvalue weighted by Gasteiger charge is -2.25. The molecule has 0 saturated carbocycles. The van der Waals surface area contributed by atoms with E-state index in [1.807, 2.05) is 39.3 Å². The van der Waals surface area contributed by atoms with Gasteiger partial charge in [-0.1, -0.05) is 23.7 Å². The number of esters is 1. The molecule has 0 fully saturated rings. The summed E-state index contributed by atoms with van der Waals surface area (Å²) in [5, 5.41) is 0. The van der Waals surface area contributed by atoms with Crippen LogP contribution in [-0.4, -0.2) is 51.7 Å². The van der Waals surface area contributed by atoms with E-state index in [-0.39, 0.29) is 12.0 Å². The van der Waals surface area contributed by atoms with E-state index in [0.29, 0.717) is 10.0 Å². The van der Waals surface area contributed by atoms with E-state index in [2.05, 4.69) is 0 Å². The van der Waals surface area contributed by atoms with Crippen molar-refractivity contribution in [1.82, 2.24) is 4.48 Å². The fourth-order valence-corrected chi connectivity index (χ4v) is 1.46. The van der Waals surface area contributed by atoms with E-state index in [1.165, 1.54) is 0 Å². The molecule has 0 aliphatic heterocycles. The second-order valence-electron chi connectivity index (χ2n) is 4.97. The van der Waals surface area contributed by atoms with Crippen LogP contribution in [-0.2, 0) is 14.9 Å². The number of nitrogens with zero attached hydrogens (tertiary/aromatic N) is 1. The zero-order valence-corrected chi connectivity index (χ0v) is 14.0. The van der Waals surface area contributed by atoms with Crippen LogP contribution in [0.15, 0.2) is 24.3 Å². The van der Waals surface area contributed by atoms with Crippen molar-refractivity contribution in [2.45, 2.75) is 5.51 Å². The number of benzene rings is 1. The van der Waals surface area contributed by atoms with Crippen molar-refractivity contribution >= 4 is 33.4 Å². The molecule has 0 spiro atoms. The Balaban J connectivity index is 0.000000515. The second-order valence-corrected chi connectivity index (χ2v) is 6.56. The summed E-state index contributed by atoms with van der Waals surface area (Å²) < 4.78 is 64.2. The lowest BCUT2D eigenvalue weighted by atomic mass is 10.1. The quantitative estimate of drug-likeness (QED) is 0.265. The summed E-state index contributed by atoms with van der Waals surface area (Å²) in [5.41, 5.74) is -4.18. The van der Waals surface area contributed by atoms with Crippen LogP contribution in [0.25, 0.3) is 0 Å². The third kappa shape index (κ3) is 7.16. The van der Waals surface area contributed by atoms with Crippen LogP contribution in [0.4, 0.5) is 18.9 Å². The van der Waals surface area contributed by atoms with Gasteiger partial charge in [-0.2, -0.15) is 13.2 Å². The Bertz CT molecular complexity index is 641. The van der Waals surface area contributed by atoms with Crippen molar-refractivity contribution in [3.05, 3.63) is 29.8 Å². The second kappa shape index (κ2) is 7.95. The topological polar surface area (TPSA) is 83.5 Å². The minimum absolute atomic E-state index is 0.121. The molecule has 0 amide bonds. The van der Waals surface area contributed by atoms with E-state index in [9.17, 15) is 18.0 Å². The summed E-state index contributed by atoms with van der Waals surface area (Å²) in [4.78, 5) is 11.6. The van der Waals surface area contributed by atoms with Gasteiger partial charge in [0.1, 0.15) is 11.3 Å². The summed E-state index contributed by atoms with van der Waals surface area (Å²) in [6, 6.07) is 7.24. The summed E-state index contributed by atoms with van der Waals surface area (Å²) in [7, 11) is -0.112. The molecule has 132 valence electrons. The van der Waals surface area contributed by atoms with Crippen LogP contribution < -0.4 is 4.48 Å². The van der Waals surface area contributed by atoms with Gasteiger partial charge in [-0.05, 0) is 6.07 Å². The Labute approximate surface area is 136 Å². The third-order valence-electron chi connectivity index (χ3n) is 2.32. The molecule has 1 aromatic rings. The van der Waals surface area contributed by atoms with Gasteiger partial charge in [0.05, 0.1) is 21.1 Å². The molecule has 11 heteroatoms. The number of alkyl halides is 4. The van der Waals surface area contributed by atoms with Crippen LogP contribution in [0.5, 0.6) is 0 Å². The van der Waals surface area contributed by atoms with Crippen molar-refractivity contribution in [2.24, 2.45) is 0 Å². The number of hydrogen-bond donors (Lipinski definition) is 0. The summed E-state index contributed by atoms with van der Waals surface area (Å²) in [5.74, 6) is -0.381. The van der Waals surface area contributed by atoms with Gasteiger partial charge in [0, 0.05) is 6.07 Å². The maximum Gasteiger partial charge on any atom is 0.485 e. The molecule has 0 unspecified atom stereocenters. The molecule has 0 aromatic heterocycles. The van der Waals surface area contributed by atoms with Crippen molar-refractivity contribution < 1.29 is 35.7 Å². The molecular weight excluding hydrogens is 363 g/mol. The number of quaternary nitrogens is 1. The van der Waals surface area contributed by atoms with Crippen LogP contribution in [0, 0.1) is 0 Å². The van der Waals surface area contributed by atoms with Crippen LogP contribution in [0.2, 0.25) is 0 Å². The summed E-state index contributed by atoms with van der Waals surface area (Å²) >= 11 is 5.36. The van der Waals surface area contributed by atoms with Gasteiger partial charge in [0.15, 0.2) is 16.2 Å². The first-order valence-corrected chi connectivity index (χ1v) is 7.82. The number of para-hydroxylation sites is 1. The maximum atomic E-state index is 11.6. The monoisotopic (exact) mass is 377 g/mol. The fraction of sp³-hybridized carbons (Fsp3) is 0.417. The Hall–Kier alpha value is -1.36. The summed E-state index contributed by atoms with van der Waals surface area (Å²) in [6.07, 6.45) is 0. The number of halogens is 4. The molecule has 1 rings (SSSR count). The van der Waals surface area contributed by atoms with Crippen molar-refractivity contribution in [3.63, 3.8) is 0 Å². The zero-order valence-electron chi connectivity index (χ0n) is 12.4. The lowest BCUT2D eigenvalue weighted by Crippen LogP contribution is -2.36. The number of rotatable bonds is 3. The van der Waals surface area contributed by atoms with Crippen molar-refractivity contribution in [2.75, 3.05) is 27.2 Å². The molecule has 0 bridgehead atoms. The first kappa shape index (κ1) is 21.6. The minimum Gasteiger partial charge on any atom is -0.741 e. The molecule has 0 heterocycles. The van der Waals surface area contributed by atoms with Crippen molar-refractivity contribution in [1.29, 1.82) is 0 Å². The number of carbonyl (C=O) groups is 1. The highest BCUT2D eigenvalue weighted by Crippen LogP contribution is 2.23. The van der Waals surface area contributed by atoms with E-state index in [1.54, 1.807) is 6.07 Å². The van der Waals surface area contributed by atoms with Crippen LogP contribution in [0.3, 0.4) is 0 Å². The van der Waals surface area contributed by atoms with E-state index >= 15 is 0 Å².